The van der Waals surface area contributed by atoms with Crippen LogP contribution in [-0.4, -0.2) is 82.9 Å². The number of ether oxygens (including phenoxy) is 1. The van der Waals surface area contributed by atoms with Gasteiger partial charge in [0.25, 0.3) is 0 Å². The Morgan fingerprint density at radius 2 is 2.00 bits per heavy atom. The minimum Gasteiger partial charge on any atom is -1.00 e. The van der Waals surface area contributed by atoms with Gasteiger partial charge in [-0.15, -0.1) is 12.4 Å². The molecular formula is C6H11CaClO6. The minimum atomic E-state index is -1.42. The quantitative estimate of drug-likeness (QED) is 0.367. The molecule has 80 valence electrons. The van der Waals surface area contributed by atoms with Crippen LogP contribution in [0.5, 0.6) is 0 Å². The van der Waals surface area contributed by atoms with Crippen molar-refractivity contribution >= 4 is 56.1 Å². The van der Waals surface area contributed by atoms with Gasteiger partial charge in [-0.2, -0.15) is 0 Å². The predicted molar refractivity (Wildman–Crippen MR) is 50.5 cm³/mol. The van der Waals surface area contributed by atoms with Crippen LogP contribution in [0.3, 0.4) is 0 Å². The number of aliphatic hydroxyl groups excluding tert-OH is 4. The van der Waals surface area contributed by atoms with Gasteiger partial charge in [-0.05, 0) is 0 Å². The number of hydrogen-bond donors (Lipinski definition) is 4. The van der Waals surface area contributed by atoms with E-state index in [9.17, 15) is 4.79 Å². The van der Waals surface area contributed by atoms with Gasteiger partial charge in [0.15, 0.2) is 11.9 Å². The number of halogens is 1. The Bertz CT molecular complexity index is 251. The molecule has 0 saturated carbocycles. The maximum atomic E-state index is 10.5. The fourth-order valence-electron chi connectivity index (χ4n) is 0.823. The van der Waals surface area contributed by atoms with E-state index in [4.69, 9.17) is 20.4 Å². The number of rotatable bonds is 2. The van der Waals surface area contributed by atoms with E-state index >= 15 is 0 Å². The molecule has 4 N–H and O–H groups in total. The molecule has 2 atom stereocenters. The zero-order valence-corrected chi connectivity index (χ0v) is 10.1. The minimum absolute atomic E-state index is 0. The van der Waals surface area contributed by atoms with Crippen LogP contribution in [0.4, 0.5) is 0 Å². The van der Waals surface area contributed by atoms with Gasteiger partial charge in [0.1, 0.15) is 6.10 Å². The van der Waals surface area contributed by atoms with Crippen LogP contribution >= 0.6 is 12.4 Å². The summed E-state index contributed by atoms with van der Waals surface area (Å²) in [6.45, 7) is -0.671. The van der Waals surface area contributed by atoms with E-state index in [0.29, 0.717) is 0 Å². The summed E-state index contributed by atoms with van der Waals surface area (Å²) in [5.41, 5.74) is 0. The van der Waals surface area contributed by atoms with Gasteiger partial charge in [0.05, 0.1) is 6.61 Å². The molecule has 0 amide bonds. The Balaban J connectivity index is -0.000000180. The molecular weight excluding hydrogens is 244 g/mol. The zero-order chi connectivity index (χ0) is 9.30. The van der Waals surface area contributed by atoms with Gasteiger partial charge in [-0.3, -0.25) is 0 Å². The summed E-state index contributed by atoms with van der Waals surface area (Å²) in [4.78, 5) is 10.5. The van der Waals surface area contributed by atoms with Gasteiger partial charge in [0.2, 0.25) is 5.76 Å². The number of hydrogen-bond acceptors (Lipinski definition) is 6. The number of aliphatic hydroxyl groups is 4. The molecule has 0 fully saturated rings. The average Bonchev–Trinajstić information content (AvgIpc) is 2.32. The summed E-state index contributed by atoms with van der Waals surface area (Å²) >= 11 is 0. The van der Waals surface area contributed by atoms with Crippen molar-refractivity contribution in [3.8, 4) is 0 Å². The van der Waals surface area contributed by atoms with Crippen LogP contribution < -0.4 is 0 Å². The molecule has 0 unspecified atom stereocenters. The molecule has 0 aliphatic carbocycles. The first-order chi connectivity index (χ1) is 5.57. The van der Waals surface area contributed by atoms with Crippen molar-refractivity contribution in [2.45, 2.75) is 12.2 Å². The van der Waals surface area contributed by atoms with Gasteiger partial charge in [0, 0.05) is 0 Å². The van der Waals surface area contributed by atoms with E-state index in [1.54, 1.807) is 0 Å². The van der Waals surface area contributed by atoms with Crippen molar-refractivity contribution in [1.29, 1.82) is 0 Å². The maximum Gasteiger partial charge on any atom is 2.00 e. The van der Waals surface area contributed by atoms with E-state index in [1.807, 2.05) is 0 Å². The van der Waals surface area contributed by atoms with Crippen LogP contribution in [0.15, 0.2) is 11.5 Å². The molecule has 6 nitrogen and oxygen atoms in total. The second-order valence-corrected chi connectivity index (χ2v) is 2.31. The van der Waals surface area contributed by atoms with Crippen molar-refractivity contribution in [3.63, 3.8) is 0 Å². The standard InChI is InChI=1S/C6H8O6.Ca.ClH.2H/c7-1-2(8)5-3(9)4(10)6(11)12-5;;;;/h2,5,7-10H,1H2;;1H;;/q;+2;;2*-1/t2-,5+;;;;/m0..../s1. The van der Waals surface area contributed by atoms with Gasteiger partial charge in [-0.1, -0.05) is 0 Å². The van der Waals surface area contributed by atoms with E-state index in [2.05, 4.69) is 4.74 Å². The van der Waals surface area contributed by atoms with Gasteiger partial charge in [-0.25, -0.2) is 4.79 Å². The third-order valence-corrected chi connectivity index (χ3v) is 1.48. The summed E-state index contributed by atoms with van der Waals surface area (Å²) in [5.74, 6) is -2.78. The fraction of sp³-hybridized carbons (Fsp3) is 0.500. The molecule has 8 heteroatoms. The molecule has 0 spiro atoms. The van der Waals surface area contributed by atoms with E-state index in [1.165, 1.54) is 0 Å². The molecule has 0 aromatic rings. The Morgan fingerprint density at radius 3 is 2.29 bits per heavy atom. The molecule has 1 heterocycles. The number of carbonyl (C=O) groups excluding carboxylic acids is 1. The molecule has 1 aliphatic heterocycles. The van der Waals surface area contributed by atoms with Crippen LogP contribution in [0, 0.1) is 0 Å². The second-order valence-electron chi connectivity index (χ2n) is 2.31. The molecule has 1 rings (SSSR count). The predicted octanol–water partition coefficient (Wildman–Crippen LogP) is -1.14. The normalized spacial score (nSPS) is 22.1. The molecule has 14 heavy (non-hydrogen) atoms. The van der Waals surface area contributed by atoms with Crippen LogP contribution in [0.2, 0.25) is 0 Å². The van der Waals surface area contributed by atoms with Crippen LogP contribution in [0.1, 0.15) is 2.85 Å². The van der Waals surface area contributed by atoms with Gasteiger partial charge >= 0.3 is 43.7 Å². The molecule has 0 aromatic carbocycles. The van der Waals surface area contributed by atoms with Crippen molar-refractivity contribution in [1.82, 2.24) is 0 Å². The number of carbonyl (C=O) groups is 1. The Morgan fingerprint density at radius 1 is 1.50 bits per heavy atom. The van der Waals surface area contributed by atoms with Crippen molar-refractivity contribution in [2.75, 3.05) is 6.61 Å². The first-order valence-corrected chi connectivity index (χ1v) is 3.20. The molecule has 0 bridgehead atoms. The van der Waals surface area contributed by atoms with Crippen LogP contribution in [-0.2, 0) is 9.53 Å². The Labute approximate surface area is 119 Å². The number of cyclic esters (lactones) is 1. The topological polar surface area (TPSA) is 107 Å². The van der Waals surface area contributed by atoms with Gasteiger partial charge < -0.3 is 28.0 Å². The van der Waals surface area contributed by atoms with Crippen molar-refractivity contribution < 1.29 is 32.8 Å². The summed E-state index contributed by atoms with van der Waals surface area (Å²) < 4.78 is 4.32. The zero-order valence-electron chi connectivity index (χ0n) is 9.08. The SMILES string of the molecule is Cl.O=C1O[C@H]([C@@H](O)CO)C(O)=C1O.[Ca+2].[H-].[H-]. The van der Waals surface area contributed by atoms with Crippen molar-refractivity contribution in [2.24, 2.45) is 0 Å². The first-order valence-electron chi connectivity index (χ1n) is 3.20. The Kier molecular flexibility index (Phi) is 8.00. The largest absolute Gasteiger partial charge is 2.00 e. The van der Waals surface area contributed by atoms with Crippen LogP contribution in [0.25, 0.3) is 0 Å². The third kappa shape index (κ3) is 3.15. The van der Waals surface area contributed by atoms with E-state index < -0.39 is 36.3 Å². The fourth-order valence-corrected chi connectivity index (χ4v) is 0.823. The van der Waals surface area contributed by atoms with Crippen molar-refractivity contribution in [3.05, 3.63) is 11.5 Å². The molecule has 0 radical (unpaired) electrons. The smallest absolute Gasteiger partial charge is 1.00 e. The molecule has 0 saturated heterocycles. The summed E-state index contributed by atoms with van der Waals surface area (Å²) in [7, 11) is 0. The second kappa shape index (κ2) is 6.71. The monoisotopic (exact) mass is 254 g/mol. The molecule has 1 aliphatic rings. The third-order valence-electron chi connectivity index (χ3n) is 1.48. The van der Waals surface area contributed by atoms with E-state index in [-0.39, 0.29) is 53.0 Å². The average molecular weight is 255 g/mol. The maximum absolute atomic E-state index is 10.5. The summed E-state index contributed by atoms with van der Waals surface area (Å²) in [5, 5.41) is 35.0. The van der Waals surface area contributed by atoms with E-state index in [0.717, 1.165) is 0 Å². The first kappa shape index (κ1) is 16.7. The number of esters is 1. The summed E-state index contributed by atoms with van der Waals surface area (Å²) in [6.07, 6.45) is -2.78. The summed E-state index contributed by atoms with van der Waals surface area (Å²) in [6, 6.07) is 0. The Hall–Kier alpha value is 0.280. The molecule has 0 aromatic heterocycles.